The predicted molar refractivity (Wildman–Crippen MR) is 84.6 cm³/mol. The largest absolute Gasteiger partial charge is 0.379 e. The van der Waals surface area contributed by atoms with Gasteiger partial charge in [-0.05, 0) is 54.8 Å². The predicted octanol–water partition coefficient (Wildman–Crippen LogP) is 3.46. The van der Waals surface area contributed by atoms with Gasteiger partial charge in [-0.1, -0.05) is 29.8 Å². The minimum Gasteiger partial charge on any atom is -0.379 e. The first kappa shape index (κ1) is 16.5. The van der Waals surface area contributed by atoms with Gasteiger partial charge in [0.2, 0.25) is 5.24 Å². The molecule has 0 atom stereocenters. The maximum Gasteiger partial charge on any atom is 0.339 e. The van der Waals surface area contributed by atoms with E-state index in [1.54, 1.807) is 36.4 Å². The topological polar surface area (TPSA) is 60.4 Å². The molecule has 0 heterocycles. The van der Waals surface area contributed by atoms with E-state index in [0.717, 1.165) is 11.1 Å². The van der Waals surface area contributed by atoms with Crippen molar-refractivity contribution >= 4 is 27.0 Å². The first-order valence-corrected chi connectivity index (χ1v) is 8.44. The van der Waals surface area contributed by atoms with Gasteiger partial charge < -0.3 is 4.18 Å². The summed E-state index contributed by atoms with van der Waals surface area (Å²) in [5.74, 6) is 0.224. The van der Waals surface area contributed by atoms with Gasteiger partial charge in [-0.15, -0.1) is 0 Å². The molecule has 0 N–H and O–H groups in total. The van der Waals surface area contributed by atoms with E-state index in [-0.39, 0.29) is 17.1 Å². The zero-order valence-electron chi connectivity index (χ0n) is 12.0. The third-order valence-corrected chi connectivity index (χ3v) is 4.50. The lowest BCUT2D eigenvalue weighted by Gasteiger charge is -2.08. The minimum absolute atomic E-state index is 0.106. The Hall–Kier alpha value is -1.85. The van der Waals surface area contributed by atoms with Crippen molar-refractivity contribution in [2.24, 2.45) is 0 Å². The molecule has 2 rings (SSSR count). The summed E-state index contributed by atoms with van der Waals surface area (Å²) in [7, 11) is -3.84. The Morgan fingerprint density at radius 2 is 1.64 bits per heavy atom. The van der Waals surface area contributed by atoms with Crippen molar-refractivity contribution in [3.05, 3.63) is 59.7 Å². The molecule has 116 valence electrons. The van der Waals surface area contributed by atoms with Crippen LogP contribution in [0.2, 0.25) is 0 Å². The van der Waals surface area contributed by atoms with Gasteiger partial charge in [0, 0.05) is 6.42 Å². The van der Waals surface area contributed by atoms with Crippen LogP contribution in [0.4, 0.5) is 0 Å². The summed E-state index contributed by atoms with van der Waals surface area (Å²) in [4.78, 5) is 10.8. The van der Waals surface area contributed by atoms with Crippen LogP contribution >= 0.6 is 11.6 Å². The van der Waals surface area contributed by atoms with Crippen molar-refractivity contribution in [3.8, 4) is 5.75 Å². The average Bonchev–Trinajstić information content (AvgIpc) is 2.46. The number of halogens is 1. The number of carbonyl (C=O) groups excluding carboxylic acids is 1. The molecular weight excluding hydrogens is 324 g/mol. The number of benzene rings is 2. The standard InChI is InChI=1S/C16H15ClO4S/c1-12-2-9-15(10-3-12)22(19,20)21-14-7-4-13(5-8-14)6-11-16(17)18/h2-5,7-10H,6,11H2,1H3. The third-order valence-electron chi connectivity index (χ3n) is 3.05. The van der Waals surface area contributed by atoms with Crippen molar-refractivity contribution in [1.82, 2.24) is 0 Å². The van der Waals surface area contributed by atoms with Gasteiger partial charge in [0.05, 0.1) is 0 Å². The maximum absolute atomic E-state index is 12.1. The van der Waals surface area contributed by atoms with Gasteiger partial charge in [0.25, 0.3) is 0 Å². The molecule has 2 aromatic rings. The molecule has 2 aromatic carbocycles. The highest BCUT2D eigenvalue weighted by atomic mass is 35.5. The number of rotatable bonds is 6. The second kappa shape index (κ2) is 6.94. The van der Waals surface area contributed by atoms with E-state index in [9.17, 15) is 13.2 Å². The molecular formula is C16H15ClO4S. The van der Waals surface area contributed by atoms with Gasteiger partial charge >= 0.3 is 10.1 Å². The summed E-state index contributed by atoms with van der Waals surface area (Å²) in [5.41, 5.74) is 1.85. The molecule has 0 radical (unpaired) electrons. The fourth-order valence-electron chi connectivity index (χ4n) is 1.83. The number of hydrogen-bond donors (Lipinski definition) is 0. The zero-order chi connectivity index (χ0) is 16.2. The molecule has 6 heteroatoms. The summed E-state index contributed by atoms with van der Waals surface area (Å²) >= 11 is 5.28. The van der Waals surface area contributed by atoms with Crippen LogP contribution in [0, 0.1) is 6.92 Å². The van der Waals surface area contributed by atoms with Crippen molar-refractivity contribution in [2.45, 2.75) is 24.7 Å². The van der Waals surface area contributed by atoms with Crippen LogP contribution in [0.1, 0.15) is 17.5 Å². The SMILES string of the molecule is Cc1ccc(S(=O)(=O)Oc2ccc(CCC(=O)Cl)cc2)cc1. The molecule has 4 nitrogen and oxygen atoms in total. The Balaban J connectivity index is 2.09. The molecule has 0 saturated carbocycles. The molecule has 0 spiro atoms. The molecule has 0 saturated heterocycles. The molecule has 0 aromatic heterocycles. The van der Waals surface area contributed by atoms with Crippen molar-refractivity contribution < 1.29 is 17.4 Å². The molecule has 0 fully saturated rings. The van der Waals surface area contributed by atoms with Crippen molar-refractivity contribution in [2.75, 3.05) is 0 Å². The van der Waals surface area contributed by atoms with E-state index in [4.69, 9.17) is 15.8 Å². The normalized spacial score (nSPS) is 11.2. The van der Waals surface area contributed by atoms with Gasteiger partial charge in [-0.2, -0.15) is 8.42 Å². The van der Waals surface area contributed by atoms with E-state index in [2.05, 4.69) is 0 Å². The molecule has 0 bridgehead atoms. The Labute approximate surface area is 134 Å². The first-order chi connectivity index (χ1) is 10.4. The minimum atomic E-state index is -3.84. The molecule has 0 aliphatic rings. The monoisotopic (exact) mass is 338 g/mol. The highest BCUT2D eigenvalue weighted by molar-refractivity contribution is 7.87. The second-order valence-electron chi connectivity index (χ2n) is 4.85. The quantitative estimate of drug-likeness (QED) is 0.597. The van der Waals surface area contributed by atoms with Gasteiger partial charge in [0.15, 0.2) is 0 Å². The molecule has 0 aliphatic heterocycles. The highest BCUT2D eigenvalue weighted by Crippen LogP contribution is 2.20. The lowest BCUT2D eigenvalue weighted by molar-refractivity contribution is -0.111. The lowest BCUT2D eigenvalue weighted by Crippen LogP contribution is -2.09. The van der Waals surface area contributed by atoms with E-state index >= 15 is 0 Å². The summed E-state index contributed by atoms with van der Waals surface area (Å²) in [5, 5.41) is -0.401. The van der Waals surface area contributed by atoms with E-state index in [1.807, 2.05) is 6.92 Å². The van der Waals surface area contributed by atoms with E-state index in [0.29, 0.717) is 6.42 Å². The molecule has 0 amide bonds. The van der Waals surface area contributed by atoms with Crippen LogP contribution in [0.3, 0.4) is 0 Å². The molecule has 22 heavy (non-hydrogen) atoms. The summed E-state index contributed by atoms with van der Waals surface area (Å²) in [6, 6.07) is 13.0. The summed E-state index contributed by atoms with van der Waals surface area (Å²) in [6.45, 7) is 1.88. The molecule has 0 unspecified atom stereocenters. The summed E-state index contributed by atoms with van der Waals surface area (Å²) < 4.78 is 29.3. The number of carbonyl (C=O) groups is 1. The van der Waals surface area contributed by atoms with Crippen LogP contribution in [-0.2, 0) is 21.3 Å². The van der Waals surface area contributed by atoms with Gasteiger partial charge in [-0.25, -0.2) is 0 Å². The number of hydrogen-bond acceptors (Lipinski definition) is 4. The fourth-order valence-corrected chi connectivity index (χ4v) is 2.86. The summed E-state index contributed by atoms with van der Waals surface area (Å²) in [6.07, 6.45) is 0.747. The van der Waals surface area contributed by atoms with E-state index < -0.39 is 15.4 Å². The van der Waals surface area contributed by atoms with Crippen LogP contribution in [0.5, 0.6) is 5.75 Å². The van der Waals surface area contributed by atoms with Gasteiger partial charge in [-0.3, -0.25) is 4.79 Å². The first-order valence-electron chi connectivity index (χ1n) is 6.65. The zero-order valence-corrected chi connectivity index (χ0v) is 13.5. The van der Waals surface area contributed by atoms with Crippen LogP contribution in [0.15, 0.2) is 53.4 Å². The maximum atomic E-state index is 12.1. The van der Waals surface area contributed by atoms with Crippen LogP contribution in [-0.4, -0.2) is 13.7 Å². The Morgan fingerprint density at radius 1 is 1.05 bits per heavy atom. The second-order valence-corrected chi connectivity index (χ2v) is 6.82. The van der Waals surface area contributed by atoms with Crippen LogP contribution in [0.25, 0.3) is 0 Å². The van der Waals surface area contributed by atoms with Crippen LogP contribution < -0.4 is 4.18 Å². The smallest absolute Gasteiger partial charge is 0.339 e. The highest BCUT2D eigenvalue weighted by Gasteiger charge is 2.16. The number of aryl methyl sites for hydroxylation is 2. The van der Waals surface area contributed by atoms with Crippen molar-refractivity contribution in [3.63, 3.8) is 0 Å². The van der Waals surface area contributed by atoms with Crippen molar-refractivity contribution in [1.29, 1.82) is 0 Å². The van der Waals surface area contributed by atoms with E-state index in [1.165, 1.54) is 12.1 Å². The Morgan fingerprint density at radius 3 is 2.18 bits per heavy atom. The Bertz CT molecular complexity index is 750. The third kappa shape index (κ3) is 4.58. The molecule has 0 aliphatic carbocycles. The average molecular weight is 339 g/mol. The lowest BCUT2D eigenvalue weighted by atomic mass is 10.1. The Kier molecular flexibility index (Phi) is 5.21. The van der Waals surface area contributed by atoms with Gasteiger partial charge in [0.1, 0.15) is 10.6 Å². The fraction of sp³-hybridized carbons (Fsp3) is 0.188.